The SMILES string of the molecule is CS(=O)(=O)c1ccc(C2=C(c3ccc(F)cc3F)C(O)OC2)cc1. The number of sulfone groups is 1. The van der Waals surface area contributed by atoms with Crippen LogP contribution in [-0.4, -0.2) is 32.7 Å². The van der Waals surface area contributed by atoms with E-state index in [1.54, 1.807) is 12.1 Å². The van der Waals surface area contributed by atoms with Crippen LogP contribution in [0.1, 0.15) is 11.1 Å². The summed E-state index contributed by atoms with van der Waals surface area (Å²) in [6, 6.07) is 9.06. The Morgan fingerprint density at radius 2 is 1.79 bits per heavy atom. The van der Waals surface area contributed by atoms with Gasteiger partial charge in [0.1, 0.15) is 11.6 Å². The summed E-state index contributed by atoms with van der Waals surface area (Å²) in [5.74, 6) is -1.52. The molecule has 1 aliphatic heterocycles. The Morgan fingerprint density at radius 3 is 2.38 bits per heavy atom. The first-order valence-electron chi connectivity index (χ1n) is 7.06. The molecule has 0 radical (unpaired) electrons. The van der Waals surface area contributed by atoms with Crippen molar-refractivity contribution in [3.63, 3.8) is 0 Å². The lowest BCUT2D eigenvalue weighted by Gasteiger charge is -2.11. The Labute approximate surface area is 137 Å². The molecule has 0 fully saturated rings. The molecule has 1 aliphatic rings. The average molecular weight is 352 g/mol. The Bertz CT molecular complexity index is 918. The van der Waals surface area contributed by atoms with E-state index in [4.69, 9.17) is 4.74 Å². The highest BCUT2D eigenvalue weighted by atomic mass is 32.2. The van der Waals surface area contributed by atoms with Crippen LogP contribution in [0.15, 0.2) is 47.4 Å². The van der Waals surface area contributed by atoms with Crippen molar-refractivity contribution in [2.75, 3.05) is 12.9 Å². The molecule has 0 saturated heterocycles. The highest BCUT2D eigenvalue weighted by Crippen LogP contribution is 2.36. The lowest BCUT2D eigenvalue weighted by Crippen LogP contribution is -2.08. The van der Waals surface area contributed by atoms with Crippen LogP contribution in [0.2, 0.25) is 0 Å². The van der Waals surface area contributed by atoms with Crippen molar-refractivity contribution in [2.45, 2.75) is 11.2 Å². The van der Waals surface area contributed by atoms with E-state index >= 15 is 0 Å². The summed E-state index contributed by atoms with van der Waals surface area (Å²) in [5, 5.41) is 10.0. The summed E-state index contributed by atoms with van der Waals surface area (Å²) < 4.78 is 55.4. The van der Waals surface area contributed by atoms with Gasteiger partial charge in [-0.3, -0.25) is 0 Å². The van der Waals surface area contributed by atoms with Gasteiger partial charge in [-0.15, -0.1) is 0 Å². The van der Waals surface area contributed by atoms with Gasteiger partial charge in [-0.25, -0.2) is 17.2 Å². The Balaban J connectivity index is 2.11. The zero-order chi connectivity index (χ0) is 17.5. The second kappa shape index (κ2) is 6.08. The first-order chi connectivity index (χ1) is 11.3. The molecular weight excluding hydrogens is 338 g/mol. The molecule has 7 heteroatoms. The number of rotatable bonds is 3. The number of hydrogen-bond acceptors (Lipinski definition) is 4. The van der Waals surface area contributed by atoms with Crippen LogP contribution in [0.25, 0.3) is 11.1 Å². The zero-order valence-electron chi connectivity index (χ0n) is 12.7. The van der Waals surface area contributed by atoms with Crippen molar-refractivity contribution in [1.29, 1.82) is 0 Å². The van der Waals surface area contributed by atoms with Crippen molar-refractivity contribution in [3.05, 3.63) is 65.2 Å². The largest absolute Gasteiger partial charge is 0.364 e. The maximum absolute atomic E-state index is 14.1. The predicted octanol–water partition coefficient (Wildman–Crippen LogP) is 2.63. The Morgan fingerprint density at radius 1 is 1.12 bits per heavy atom. The van der Waals surface area contributed by atoms with Crippen LogP contribution < -0.4 is 0 Å². The molecule has 2 aromatic rings. The molecule has 0 spiro atoms. The highest BCUT2D eigenvalue weighted by Gasteiger charge is 2.28. The van der Waals surface area contributed by atoms with Gasteiger partial charge in [-0.1, -0.05) is 12.1 Å². The third kappa shape index (κ3) is 3.10. The summed E-state index contributed by atoms with van der Waals surface area (Å²) in [6.45, 7) is 0.0333. The van der Waals surface area contributed by atoms with Gasteiger partial charge in [-0.2, -0.15) is 0 Å². The minimum absolute atomic E-state index is 0.0333. The van der Waals surface area contributed by atoms with Gasteiger partial charge in [0.05, 0.1) is 11.5 Å². The lowest BCUT2D eigenvalue weighted by atomic mass is 9.96. The summed E-state index contributed by atoms with van der Waals surface area (Å²) in [5.41, 5.74) is 1.37. The maximum atomic E-state index is 14.1. The number of aliphatic hydroxyl groups excluding tert-OH is 1. The fourth-order valence-corrected chi connectivity index (χ4v) is 3.25. The predicted molar refractivity (Wildman–Crippen MR) is 84.7 cm³/mol. The maximum Gasteiger partial charge on any atom is 0.182 e. The molecule has 0 bridgehead atoms. The number of halogens is 2. The molecule has 1 heterocycles. The van der Waals surface area contributed by atoms with Crippen molar-refractivity contribution < 1.29 is 27.0 Å². The molecule has 0 saturated carbocycles. The topological polar surface area (TPSA) is 63.6 Å². The molecule has 24 heavy (non-hydrogen) atoms. The normalized spacial score (nSPS) is 18.2. The van der Waals surface area contributed by atoms with Crippen LogP contribution in [-0.2, 0) is 14.6 Å². The van der Waals surface area contributed by atoms with Gasteiger partial charge in [0.15, 0.2) is 16.1 Å². The fourth-order valence-electron chi connectivity index (χ4n) is 2.62. The molecule has 2 aromatic carbocycles. The number of benzene rings is 2. The number of aliphatic hydroxyl groups is 1. The number of hydrogen-bond donors (Lipinski definition) is 1. The van der Waals surface area contributed by atoms with E-state index in [2.05, 4.69) is 0 Å². The molecule has 1 N–H and O–H groups in total. The van der Waals surface area contributed by atoms with E-state index in [0.29, 0.717) is 11.1 Å². The minimum Gasteiger partial charge on any atom is -0.364 e. The van der Waals surface area contributed by atoms with Crippen LogP contribution in [0.5, 0.6) is 0 Å². The molecule has 126 valence electrons. The van der Waals surface area contributed by atoms with Gasteiger partial charge in [-0.05, 0) is 35.4 Å². The van der Waals surface area contributed by atoms with Gasteiger partial charge >= 0.3 is 0 Å². The molecule has 0 aromatic heterocycles. The van der Waals surface area contributed by atoms with E-state index in [-0.39, 0.29) is 22.6 Å². The average Bonchev–Trinajstić information content (AvgIpc) is 2.88. The second-order valence-electron chi connectivity index (χ2n) is 5.48. The monoisotopic (exact) mass is 352 g/mol. The molecule has 1 atom stereocenters. The van der Waals surface area contributed by atoms with Gasteiger partial charge in [0, 0.05) is 23.5 Å². The van der Waals surface area contributed by atoms with E-state index in [0.717, 1.165) is 18.4 Å². The lowest BCUT2D eigenvalue weighted by molar-refractivity contribution is -0.0313. The standard InChI is InChI=1S/C17H14F2O4S/c1-24(21,22)12-5-2-10(3-6-12)14-9-23-17(20)16(14)13-7-4-11(18)8-15(13)19/h2-8,17,20H,9H2,1H3. The summed E-state index contributed by atoms with van der Waals surface area (Å²) in [7, 11) is -3.33. The molecule has 0 amide bonds. The Kier molecular flexibility index (Phi) is 4.25. The van der Waals surface area contributed by atoms with Crippen LogP contribution in [0, 0.1) is 11.6 Å². The summed E-state index contributed by atoms with van der Waals surface area (Å²) in [6.07, 6.45) is -0.238. The van der Waals surface area contributed by atoms with Crippen molar-refractivity contribution >= 4 is 21.0 Å². The van der Waals surface area contributed by atoms with E-state index in [9.17, 15) is 22.3 Å². The van der Waals surface area contributed by atoms with Gasteiger partial charge in [0.25, 0.3) is 0 Å². The first-order valence-corrected chi connectivity index (χ1v) is 8.95. The fraction of sp³-hybridized carbons (Fsp3) is 0.176. The third-order valence-corrected chi connectivity index (χ3v) is 4.94. The summed E-state index contributed by atoms with van der Waals surface area (Å²) >= 11 is 0. The zero-order valence-corrected chi connectivity index (χ0v) is 13.5. The van der Waals surface area contributed by atoms with Crippen molar-refractivity contribution in [3.8, 4) is 0 Å². The summed E-state index contributed by atoms with van der Waals surface area (Å²) in [4.78, 5) is 0.154. The molecule has 4 nitrogen and oxygen atoms in total. The van der Waals surface area contributed by atoms with Crippen LogP contribution >= 0.6 is 0 Å². The van der Waals surface area contributed by atoms with Crippen LogP contribution in [0.3, 0.4) is 0 Å². The van der Waals surface area contributed by atoms with Crippen LogP contribution in [0.4, 0.5) is 8.78 Å². The smallest absolute Gasteiger partial charge is 0.182 e. The molecule has 3 rings (SSSR count). The molecule has 0 aliphatic carbocycles. The van der Waals surface area contributed by atoms with Crippen molar-refractivity contribution in [2.24, 2.45) is 0 Å². The minimum atomic E-state index is -3.33. The van der Waals surface area contributed by atoms with Crippen molar-refractivity contribution in [1.82, 2.24) is 0 Å². The van der Waals surface area contributed by atoms with E-state index in [1.807, 2.05) is 0 Å². The molecular formula is C17H14F2O4S. The highest BCUT2D eigenvalue weighted by molar-refractivity contribution is 7.90. The first kappa shape index (κ1) is 16.8. The third-order valence-electron chi connectivity index (χ3n) is 3.81. The van der Waals surface area contributed by atoms with E-state index < -0.39 is 27.8 Å². The van der Waals surface area contributed by atoms with Gasteiger partial charge < -0.3 is 9.84 Å². The number of ether oxygens (including phenoxy) is 1. The molecule has 1 unspecified atom stereocenters. The van der Waals surface area contributed by atoms with Gasteiger partial charge in [0.2, 0.25) is 0 Å². The second-order valence-corrected chi connectivity index (χ2v) is 7.49. The quantitative estimate of drug-likeness (QED) is 0.922. The van der Waals surface area contributed by atoms with E-state index in [1.165, 1.54) is 18.2 Å². The Hall–Kier alpha value is -2.09.